The van der Waals surface area contributed by atoms with E-state index in [-0.39, 0.29) is 25.5 Å². The van der Waals surface area contributed by atoms with Crippen LogP contribution in [0.4, 0.5) is 0 Å². The summed E-state index contributed by atoms with van der Waals surface area (Å²) in [7, 11) is 0. The van der Waals surface area contributed by atoms with Crippen molar-refractivity contribution in [2.45, 2.75) is 31.0 Å². The maximum Gasteiger partial charge on any atom is 0.262 e. The fraction of sp³-hybridized carbons (Fsp3) is 0.206. The lowest BCUT2D eigenvalue weighted by Crippen LogP contribution is -2.51. The number of nitrogens with zero attached hydrogens (tertiary/aromatic N) is 2. The Labute approximate surface area is 252 Å². The van der Waals surface area contributed by atoms with E-state index >= 15 is 0 Å². The Morgan fingerprint density at radius 1 is 0.952 bits per heavy atom. The van der Waals surface area contributed by atoms with Gasteiger partial charge in [-0.2, -0.15) is 0 Å². The molecule has 212 valence electrons. The smallest absolute Gasteiger partial charge is 0.262 e. The molecule has 7 nitrogen and oxygen atoms in total. The van der Waals surface area contributed by atoms with Gasteiger partial charge in [-0.25, -0.2) is 4.99 Å². The number of hydrogen-bond acceptors (Lipinski definition) is 6. The number of aliphatic imine (C=N–C) groups is 1. The molecule has 2 atom stereocenters. The summed E-state index contributed by atoms with van der Waals surface area (Å²) in [6.07, 6.45) is 0.00166. The van der Waals surface area contributed by atoms with Gasteiger partial charge in [0.05, 0.1) is 13.2 Å². The number of carbonyl (C=O) groups is 2. The van der Waals surface area contributed by atoms with Crippen LogP contribution in [0.2, 0.25) is 0 Å². The van der Waals surface area contributed by atoms with Crippen molar-refractivity contribution in [3.8, 4) is 5.75 Å². The lowest BCUT2D eigenvalue weighted by Gasteiger charge is -2.33. The average molecular weight is 626 g/mol. The summed E-state index contributed by atoms with van der Waals surface area (Å²) in [5.74, 6) is 0.183. The molecule has 6 rings (SSSR count). The fourth-order valence-electron chi connectivity index (χ4n) is 5.48. The Morgan fingerprint density at radius 3 is 2.38 bits per heavy atom. The highest BCUT2D eigenvalue weighted by molar-refractivity contribution is 9.10. The van der Waals surface area contributed by atoms with Crippen molar-refractivity contribution in [1.29, 1.82) is 0 Å². The average Bonchev–Trinajstić information content (AvgIpc) is 3.35. The van der Waals surface area contributed by atoms with Crippen molar-refractivity contribution in [2.24, 2.45) is 4.99 Å². The largest absolute Gasteiger partial charge is 0.494 e. The first kappa shape index (κ1) is 27.9. The molecule has 0 aromatic heterocycles. The van der Waals surface area contributed by atoms with Gasteiger partial charge in [0.15, 0.2) is 11.6 Å². The number of aliphatic hydroxyl groups is 1. The van der Waals surface area contributed by atoms with Gasteiger partial charge in [0.25, 0.3) is 11.8 Å². The van der Waals surface area contributed by atoms with Gasteiger partial charge in [0.2, 0.25) is 5.90 Å². The minimum atomic E-state index is -1.44. The second-order valence-electron chi connectivity index (χ2n) is 10.3. The lowest BCUT2D eigenvalue weighted by atomic mass is 9.81. The molecule has 4 aromatic rings. The molecule has 2 amide bonds. The third-order valence-corrected chi connectivity index (χ3v) is 8.33. The minimum Gasteiger partial charge on any atom is -0.494 e. The number of fused-ring (bicyclic) bond motifs is 1. The van der Waals surface area contributed by atoms with Crippen LogP contribution in [0, 0.1) is 0 Å². The van der Waals surface area contributed by atoms with Gasteiger partial charge in [-0.3, -0.25) is 14.5 Å². The van der Waals surface area contributed by atoms with Crippen LogP contribution in [0.5, 0.6) is 5.75 Å². The van der Waals surface area contributed by atoms with Gasteiger partial charge in [-0.1, -0.05) is 76.6 Å². The number of halogens is 1. The number of amides is 2. The number of rotatable bonds is 7. The zero-order chi connectivity index (χ0) is 29.1. The first-order chi connectivity index (χ1) is 20.5. The van der Waals surface area contributed by atoms with Crippen molar-refractivity contribution in [1.82, 2.24) is 4.90 Å². The molecule has 8 heteroatoms. The van der Waals surface area contributed by atoms with Crippen LogP contribution in [0.25, 0.3) is 0 Å². The number of imide groups is 1. The van der Waals surface area contributed by atoms with Crippen LogP contribution >= 0.6 is 15.9 Å². The number of benzene rings is 4. The Bertz CT molecular complexity index is 1640. The first-order valence-electron chi connectivity index (χ1n) is 13.8. The summed E-state index contributed by atoms with van der Waals surface area (Å²) in [5, 5.41) is 9.04. The summed E-state index contributed by atoms with van der Waals surface area (Å²) in [6.45, 7) is 0.597. The van der Waals surface area contributed by atoms with Crippen molar-refractivity contribution in [3.63, 3.8) is 0 Å². The SMILES string of the molecule is O=C(c1ccccc1)N1Cc2ccccc2C[C@]2(N=C(c3ccc(OCCCO)cc3)O[C@@H]2c2ccccc2Br)C1=O. The maximum atomic E-state index is 14.8. The minimum absolute atomic E-state index is 0.0577. The number of hydrogen-bond donors (Lipinski definition) is 1. The number of aliphatic hydroxyl groups excluding tert-OH is 1. The standard InChI is InChI=1S/C34H29BrN2O5/c35-29-14-7-6-13-28(29)30-34(36-31(42-30)23-15-17-27(18-16-23)41-20-8-19-38)21-25-11-4-5-12-26(25)22-37(33(34)40)32(39)24-9-2-1-3-10-24/h1-7,9-18,30,38H,8,19-22H2/t30-,34-/m1/s1. The van der Waals surface area contributed by atoms with Gasteiger partial charge in [-0.05, 0) is 53.6 Å². The molecule has 0 aliphatic carbocycles. The molecule has 0 saturated heterocycles. The van der Waals surface area contributed by atoms with Crippen molar-refractivity contribution >= 4 is 33.6 Å². The van der Waals surface area contributed by atoms with Crippen LogP contribution in [-0.4, -0.2) is 46.5 Å². The molecule has 2 aliphatic heterocycles. The van der Waals surface area contributed by atoms with E-state index < -0.39 is 17.6 Å². The van der Waals surface area contributed by atoms with E-state index in [9.17, 15) is 9.59 Å². The third kappa shape index (κ3) is 5.24. The predicted molar refractivity (Wildman–Crippen MR) is 162 cm³/mol. The molecule has 2 heterocycles. The molecule has 2 aliphatic rings. The van der Waals surface area contributed by atoms with Crippen LogP contribution < -0.4 is 4.74 Å². The molecule has 0 radical (unpaired) electrons. The molecule has 1 N–H and O–H groups in total. The van der Waals surface area contributed by atoms with E-state index in [0.29, 0.717) is 35.8 Å². The Hall–Kier alpha value is -4.27. The predicted octanol–water partition coefficient (Wildman–Crippen LogP) is 5.89. The second-order valence-corrected chi connectivity index (χ2v) is 11.2. The third-order valence-electron chi connectivity index (χ3n) is 7.61. The first-order valence-corrected chi connectivity index (χ1v) is 14.6. The molecule has 1 spiro atoms. The van der Waals surface area contributed by atoms with E-state index in [1.807, 2.05) is 78.9 Å². The molecule has 0 saturated carbocycles. The van der Waals surface area contributed by atoms with Gasteiger partial charge in [-0.15, -0.1) is 0 Å². The molecular formula is C34H29BrN2O5. The van der Waals surface area contributed by atoms with E-state index in [4.69, 9.17) is 19.6 Å². The number of ether oxygens (including phenoxy) is 2. The highest BCUT2D eigenvalue weighted by Gasteiger charge is 2.57. The maximum absolute atomic E-state index is 14.8. The summed E-state index contributed by atoms with van der Waals surface area (Å²) >= 11 is 3.67. The molecule has 0 unspecified atom stereocenters. The topological polar surface area (TPSA) is 88.4 Å². The van der Waals surface area contributed by atoms with Crippen molar-refractivity contribution < 1.29 is 24.2 Å². The fourth-order valence-corrected chi connectivity index (χ4v) is 5.98. The quantitative estimate of drug-likeness (QED) is 0.204. The van der Waals surface area contributed by atoms with Gasteiger partial charge < -0.3 is 14.6 Å². The molecule has 4 aromatic carbocycles. The Morgan fingerprint density at radius 2 is 1.64 bits per heavy atom. The van der Waals surface area contributed by atoms with Crippen molar-refractivity contribution in [3.05, 3.63) is 135 Å². The summed E-state index contributed by atoms with van der Waals surface area (Å²) < 4.78 is 13.1. The Balaban J connectivity index is 1.48. The van der Waals surface area contributed by atoms with Crippen molar-refractivity contribution in [2.75, 3.05) is 13.2 Å². The Kier molecular flexibility index (Phi) is 7.91. The van der Waals surface area contributed by atoms with Gasteiger partial charge in [0.1, 0.15) is 5.75 Å². The van der Waals surface area contributed by atoms with E-state index in [2.05, 4.69) is 15.9 Å². The molecular weight excluding hydrogens is 596 g/mol. The monoisotopic (exact) mass is 624 g/mol. The van der Waals surface area contributed by atoms with Gasteiger partial charge in [0, 0.05) is 40.6 Å². The van der Waals surface area contributed by atoms with E-state index in [0.717, 1.165) is 21.2 Å². The van der Waals surface area contributed by atoms with E-state index in [1.54, 1.807) is 24.3 Å². The van der Waals surface area contributed by atoms with E-state index in [1.165, 1.54) is 4.90 Å². The summed E-state index contributed by atoms with van der Waals surface area (Å²) in [5.41, 5.74) is 2.27. The normalized spacial score (nSPS) is 19.6. The lowest BCUT2D eigenvalue weighted by molar-refractivity contribution is -0.137. The molecule has 42 heavy (non-hydrogen) atoms. The molecule has 0 fully saturated rings. The zero-order valence-electron chi connectivity index (χ0n) is 22.8. The molecule has 0 bridgehead atoms. The highest BCUT2D eigenvalue weighted by Crippen LogP contribution is 2.47. The number of carbonyl (C=O) groups excluding carboxylic acids is 2. The van der Waals surface area contributed by atoms with Crippen LogP contribution in [0.15, 0.2) is 113 Å². The second kappa shape index (κ2) is 11.9. The summed E-state index contributed by atoms with van der Waals surface area (Å²) in [4.78, 5) is 35.1. The summed E-state index contributed by atoms with van der Waals surface area (Å²) in [6, 6.07) is 31.6. The van der Waals surface area contributed by atoms with Crippen LogP contribution in [0.1, 0.15) is 45.1 Å². The van der Waals surface area contributed by atoms with Crippen LogP contribution in [-0.2, 0) is 22.5 Å². The highest BCUT2D eigenvalue weighted by atomic mass is 79.9. The van der Waals surface area contributed by atoms with Crippen LogP contribution in [0.3, 0.4) is 0 Å². The zero-order valence-corrected chi connectivity index (χ0v) is 24.4. The van der Waals surface area contributed by atoms with Gasteiger partial charge >= 0.3 is 0 Å².